The molecule has 1 saturated heterocycles. The maximum atomic E-state index is 4.53. The molecule has 0 aliphatic carbocycles. The zero-order chi connectivity index (χ0) is 30.9. The van der Waals surface area contributed by atoms with Crippen molar-refractivity contribution in [3.63, 3.8) is 0 Å². The fourth-order valence-corrected chi connectivity index (χ4v) is 4.75. The summed E-state index contributed by atoms with van der Waals surface area (Å²) in [7, 11) is 4.17. The van der Waals surface area contributed by atoms with E-state index in [9.17, 15) is 0 Å². The molecular weight excluding hydrogens is 518 g/mol. The van der Waals surface area contributed by atoms with Gasteiger partial charge >= 0.3 is 0 Å². The van der Waals surface area contributed by atoms with Gasteiger partial charge in [0.15, 0.2) is 0 Å². The number of H-pyrrole nitrogens is 1. The van der Waals surface area contributed by atoms with Crippen molar-refractivity contribution in [1.29, 1.82) is 0 Å². The molecule has 7 heteroatoms. The van der Waals surface area contributed by atoms with Gasteiger partial charge in [-0.25, -0.2) is 0 Å². The first kappa shape index (κ1) is 34.7. The van der Waals surface area contributed by atoms with E-state index in [0.29, 0.717) is 0 Å². The minimum Gasteiger partial charge on any atom is -0.353 e. The van der Waals surface area contributed by atoms with Crippen molar-refractivity contribution in [2.75, 3.05) is 39.0 Å². The van der Waals surface area contributed by atoms with E-state index in [1.54, 1.807) is 6.20 Å². The highest BCUT2D eigenvalue weighted by Crippen LogP contribution is 2.29. The molecule has 4 aromatic rings. The summed E-state index contributed by atoms with van der Waals surface area (Å²) in [6.45, 7) is 20.9. The van der Waals surface area contributed by atoms with Gasteiger partial charge in [0.25, 0.3) is 0 Å². The largest absolute Gasteiger partial charge is 0.353 e. The monoisotopic (exact) mass is 571 g/mol. The molecule has 1 aliphatic rings. The van der Waals surface area contributed by atoms with Crippen LogP contribution in [-0.4, -0.2) is 63.7 Å². The molecule has 0 atom stereocenters. The molecule has 228 valence electrons. The van der Waals surface area contributed by atoms with Gasteiger partial charge in [-0.1, -0.05) is 53.7 Å². The lowest BCUT2D eigenvalue weighted by Gasteiger charge is -2.26. The van der Waals surface area contributed by atoms with E-state index in [-0.39, 0.29) is 0 Å². The fraction of sp³-hybridized carbons (Fsp3) is 0.457. The number of hydrogen-bond acceptors (Lipinski definition) is 6. The highest BCUT2D eigenvalue weighted by molar-refractivity contribution is 5.95. The highest BCUT2D eigenvalue weighted by Gasteiger charge is 2.13. The Morgan fingerprint density at radius 3 is 2.31 bits per heavy atom. The summed E-state index contributed by atoms with van der Waals surface area (Å²) < 4.78 is 0. The van der Waals surface area contributed by atoms with Crippen molar-refractivity contribution in [3.05, 3.63) is 78.5 Å². The number of hydrogen-bond donors (Lipinski definition) is 2. The lowest BCUT2D eigenvalue weighted by molar-refractivity contribution is 0.220. The molecule has 0 amide bonds. The van der Waals surface area contributed by atoms with E-state index in [2.05, 4.69) is 87.1 Å². The second kappa shape index (κ2) is 18.8. The zero-order valence-electron chi connectivity index (χ0n) is 27.3. The molecule has 2 N–H and O–H groups in total. The van der Waals surface area contributed by atoms with E-state index in [0.717, 1.165) is 51.3 Å². The quantitative estimate of drug-likeness (QED) is 0.221. The average Bonchev–Trinajstić information content (AvgIpc) is 3.45. The third-order valence-electron chi connectivity index (χ3n) is 6.71. The number of fused-ring (bicyclic) bond motifs is 1. The number of likely N-dealkylation sites (tertiary alicyclic amines) is 1. The summed E-state index contributed by atoms with van der Waals surface area (Å²) in [4.78, 5) is 13.6. The summed E-state index contributed by atoms with van der Waals surface area (Å²) in [5.41, 5.74) is 7.89. The predicted molar refractivity (Wildman–Crippen MR) is 182 cm³/mol. The van der Waals surface area contributed by atoms with Gasteiger partial charge in [-0.15, -0.1) is 0 Å². The average molecular weight is 572 g/mol. The Morgan fingerprint density at radius 1 is 0.952 bits per heavy atom. The van der Waals surface area contributed by atoms with Crippen molar-refractivity contribution in [1.82, 2.24) is 30.0 Å². The standard InChI is InChI=1S/C26H28N6.C5H13N.2C2H6/c1-18-6-8-23(16-28-18)29-19(2)26-24-13-21(7-9-25(24)30-31-26)22-12-20(14-27-15-22)17-32-10-4-3-5-11-32;1-4-5-6(2)3;2*1-2/h6-9,12-16,29H,2-5,10-11,17H2,1H3,(H,30,31);4-5H2,1-3H3;2*1-2H3. The summed E-state index contributed by atoms with van der Waals surface area (Å²) in [5.74, 6) is 0. The van der Waals surface area contributed by atoms with E-state index < -0.39 is 0 Å². The Labute approximate surface area is 254 Å². The Bertz CT molecular complexity index is 1320. The first-order chi connectivity index (χ1) is 20.4. The van der Waals surface area contributed by atoms with Crippen LogP contribution in [0, 0.1) is 6.92 Å². The van der Waals surface area contributed by atoms with E-state index in [1.165, 1.54) is 50.9 Å². The Hall–Kier alpha value is -3.55. The number of aryl methyl sites for hydroxylation is 1. The first-order valence-corrected chi connectivity index (χ1v) is 15.6. The molecule has 0 spiro atoms. The van der Waals surface area contributed by atoms with Crippen LogP contribution in [0.15, 0.2) is 61.6 Å². The van der Waals surface area contributed by atoms with Crippen molar-refractivity contribution in [2.24, 2.45) is 0 Å². The van der Waals surface area contributed by atoms with E-state index in [1.807, 2.05) is 59.1 Å². The number of benzene rings is 1. The molecular formula is C35H53N7. The third-order valence-corrected chi connectivity index (χ3v) is 6.71. The van der Waals surface area contributed by atoms with Crippen LogP contribution in [0.5, 0.6) is 0 Å². The number of aromatic nitrogens is 4. The minimum atomic E-state index is 0.732. The van der Waals surface area contributed by atoms with Gasteiger partial charge in [-0.2, -0.15) is 5.10 Å². The van der Waals surface area contributed by atoms with Crippen LogP contribution in [0.1, 0.15) is 77.3 Å². The van der Waals surface area contributed by atoms with Crippen LogP contribution in [0.2, 0.25) is 0 Å². The van der Waals surface area contributed by atoms with Crippen LogP contribution in [-0.2, 0) is 6.54 Å². The van der Waals surface area contributed by atoms with Crippen molar-refractivity contribution >= 4 is 22.3 Å². The number of rotatable bonds is 8. The molecule has 7 nitrogen and oxygen atoms in total. The molecule has 0 radical (unpaired) electrons. The van der Waals surface area contributed by atoms with E-state index >= 15 is 0 Å². The number of pyridine rings is 2. The number of nitrogens with zero attached hydrogens (tertiary/aromatic N) is 5. The Kier molecular flexibility index (Phi) is 15.5. The number of aromatic amines is 1. The summed E-state index contributed by atoms with van der Waals surface area (Å²) in [6.07, 6.45) is 10.9. The molecule has 0 unspecified atom stereocenters. The van der Waals surface area contributed by atoms with Gasteiger partial charge in [-0.05, 0) is 101 Å². The summed E-state index contributed by atoms with van der Waals surface area (Å²) in [5, 5.41) is 12.0. The molecule has 4 heterocycles. The molecule has 1 aromatic carbocycles. The minimum absolute atomic E-state index is 0.732. The van der Waals surface area contributed by atoms with Crippen LogP contribution in [0.25, 0.3) is 27.7 Å². The molecule has 1 fully saturated rings. The molecule has 3 aromatic heterocycles. The van der Waals surface area contributed by atoms with Crippen molar-refractivity contribution in [3.8, 4) is 11.1 Å². The fourth-order valence-electron chi connectivity index (χ4n) is 4.75. The second-order valence-corrected chi connectivity index (χ2v) is 10.3. The van der Waals surface area contributed by atoms with E-state index in [4.69, 9.17) is 0 Å². The highest BCUT2D eigenvalue weighted by atomic mass is 15.1. The van der Waals surface area contributed by atoms with Gasteiger partial charge < -0.3 is 10.2 Å². The van der Waals surface area contributed by atoms with Crippen molar-refractivity contribution < 1.29 is 0 Å². The predicted octanol–water partition coefficient (Wildman–Crippen LogP) is 8.41. The van der Waals surface area contributed by atoms with Gasteiger partial charge in [0, 0.05) is 35.6 Å². The van der Waals surface area contributed by atoms with Gasteiger partial charge in [0.1, 0.15) is 5.69 Å². The smallest absolute Gasteiger partial charge is 0.116 e. The van der Waals surface area contributed by atoms with Crippen LogP contribution in [0.3, 0.4) is 0 Å². The molecule has 1 aliphatic heterocycles. The van der Waals surface area contributed by atoms with Gasteiger partial charge in [-0.3, -0.25) is 20.0 Å². The maximum Gasteiger partial charge on any atom is 0.116 e. The van der Waals surface area contributed by atoms with Gasteiger partial charge in [0.2, 0.25) is 0 Å². The normalized spacial score (nSPS) is 12.8. The topological polar surface area (TPSA) is 73.0 Å². The van der Waals surface area contributed by atoms with Crippen LogP contribution in [0.4, 0.5) is 5.69 Å². The maximum absolute atomic E-state index is 4.53. The number of nitrogens with one attached hydrogen (secondary N) is 2. The number of piperidine rings is 1. The third kappa shape index (κ3) is 10.7. The number of anilines is 1. The molecule has 0 saturated carbocycles. The Morgan fingerprint density at radius 2 is 1.69 bits per heavy atom. The lowest BCUT2D eigenvalue weighted by Crippen LogP contribution is -2.29. The van der Waals surface area contributed by atoms with Crippen LogP contribution < -0.4 is 5.32 Å². The van der Waals surface area contributed by atoms with Gasteiger partial charge in [0.05, 0.1) is 23.1 Å². The second-order valence-electron chi connectivity index (χ2n) is 10.3. The molecule has 42 heavy (non-hydrogen) atoms. The molecule has 5 rings (SSSR count). The molecule has 0 bridgehead atoms. The lowest BCUT2D eigenvalue weighted by atomic mass is 10.0. The summed E-state index contributed by atoms with van der Waals surface area (Å²) >= 11 is 0. The van der Waals surface area contributed by atoms with Crippen molar-refractivity contribution in [2.45, 2.75) is 73.8 Å². The zero-order valence-corrected chi connectivity index (χ0v) is 27.3. The summed E-state index contributed by atoms with van der Waals surface area (Å²) in [6, 6.07) is 12.6. The SMILES string of the molecule is C=C(Nc1ccc(C)nc1)c1n[nH]c2ccc(-c3cncc(CN4CCCCC4)c3)cc12.CC.CC.CCCN(C)C. The Balaban J connectivity index is 0.000000543. The first-order valence-electron chi connectivity index (χ1n) is 15.6. The van der Waals surface area contributed by atoms with Crippen LogP contribution >= 0.6 is 0 Å².